The van der Waals surface area contributed by atoms with Crippen LogP contribution in [-0.2, 0) is 4.79 Å². The molecule has 1 rings (SSSR count). The molecule has 0 saturated carbocycles. The van der Waals surface area contributed by atoms with Crippen molar-refractivity contribution in [3.63, 3.8) is 0 Å². The maximum Gasteiger partial charge on any atom is 0.144 e. The number of hydrogen-bond donors (Lipinski definition) is 0. The number of Topliss-reactive ketones (excluding diaryl/α,β-unsaturated/α-hetero) is 1. The van der Waals surface area contributed by atoms with Gasteiger partial charge in [0.15, 0.2) is 0 Å². The monoisotopic (exact) mass is 247 g/mol. The van der Waals surface area contributed by atoms with E-state index in [9.17, 15) is 4.79 Å². The Morgan fingerprint density at radius 3 is 1.75 bits per heavy atom. The Morgan fingerprint density at radius 2 is 1.44 bits per heavy atom. The average molecular weight is 248 g/mol. The summed E-state index contributed by atoms with van der Waals surface area (Å²) in [6.07, 6.45) is 4.04. The Labute approximate surface area is 106 Å². The maximum absolute atomic E-state index is 11.4. The zero-order valence-electron chi connectivity index (χ0n) is 11.1. The minimum Gasteiger partial charge on any atom is -1.00 e. The number of carbonyl (C=O) groups excluding carboxylic acids is 1. The predicted molar refractivity (Wildman–Crippen MR) is 63.7 cm³/mol. The molecule has 1 fully saturated rings. The van der Waals surface area contributed by atoms with E-state index in [1.807, 2.05) is 0 Å². The van der Waals surface area contributed by atoms with Gasteiger partial charge in [-0.3, -0.25) is 4.79 Å². The number of likely N-dealkylation sites (tertiary alicyclic amines) is 1. The number of ketones is 1. The van der Waals surface area contributed by atoms with E-state index in [0.717, 1.165) is 25.9 Å². The third kappa shape index (κ3) is 2.98. The predicted octanol–water partition coefficient (Wildman–Crippen LogP) is -0.233. The van der Waals surface area contributed by atoms with Crippen molar-refractivity contribution < 1.29 is 21.7 Å². The largest absolute Gasteiger partial charge is 1.00 e. The Kier molecular flexibility index (Phi) is 6.57. The van der Waals surface area contributed by atoms with Crippen molar-refractivity contribution in [2.45, 2.75) is 65.5 Å². The highest BCUT2D eigenvalue weighted by atomic mass is 35.5. The molecule has 0 radical (unpaired) electrons. The standard InChI is InChI=1S/C13H26NO.ClH/c1-5-11(3)14(12(4)6-2)9-7-13(15)8-10-14;/h11-12H,5-10H2,1-4H3;1H/q+1;/p-1. The van der Waals surface area contributed by atoms with Gasteiger partial charge in [-0.15, -0.1) is 0 Å². The average Bonchev–Trinajstić information content (AvgIpc) is 2.28. The van der Waals surface area contributed by atoms with Gasteiger partial charge in [-0.1, -0.05) is 13.8 Å². The van der Waals surface area contributed by atoms with Crippen molar-refractivity contribution >= 4 is 5.78 Å². The van der Waals surface area contributed by atoms with Crippen LogP contribution in [0.25, 0.3) is 0 Å². The van der Waals surface area contributed by atoms with Crippen LogP contribution in [0.3, 0.4) is 0 Å². The minimum atomic E-state index is 0. The second-order valence-electron chi connectivity index (χ2n) is 5.10. The molecule has 0 aromatic rings. The van der Waals surface area contributed by atoms with E-state index in [1.54, 1.807) is 0 Å². The summed E-state index contributed by atoms with van der Waals surface area (Å²) in [4.78, 5) is 11.4. The highest BCUT2D eigenvalue weighted by Crippen LogP contribution is 2.28. The van der Waals surface area contributed by atoms with Crippen LogP contribution in [0, 0.1) is 0 Å². The Hall–Kier alpha value is -0.0800. The zero-order chi connectivity index (χ0) is 11.5. The van der Waals surface area contributed by atoms with Crippen molar-refractivity contribution in [3.05, 3.63) is 0 Å². The van der Waals surface area contributed by atoms with Gasteiger partial charge in [0.25, 0.3) is 0 Å². The normalized spacial score (nSPS) is 23.4. The zero-order valence-corrected chi connectivity index (χ0v) is 11.9. The van der Waals surface area contributed by atoms with Gasteiger partial charge in [-0.2, -0.15) is 0 Å². The van der Waals surface area contributed by atoms with Crippen molar-refractivity contribution in [1.29, 1.82) is 0 Å². The molecule has 0 spiro atoms. The molecule has 2 nitrogen and oxygen atoms in total. The molecule has 0 aliphatic carbocycles. The molecular formula is C13H26ClNO. The van der Waals surface area contributed by atoms with Crippen molar-refractivity contribution in [2.75, 3.05) is 13.1 Å². The highest BCUT2D eigenvalue weighted by Gasteiger charge is 2.40. The Morgan fingerprint density at radius 1 is 1.06 bits per heavy atom. The fraction of sp³-hybridized carbons (Fsp3) is 0.923. The lowest BCUT2D eigenvalue weighted by atomic mass is 9.97. The summed E-state index contributed by atoms with van der Waals surface area (Å²) in [5.74, 6) is 0.468. The summed E-state index contributed by atoms with van der Waals surface area (Å²) < 4.78 is 1.18. The van der Waals surface area contributed by atoms with Crippen LogP contribution in [-0.4, -0.2) is 35.4 Å². The van der Waals surface area contributed by atoms with Gasteiger partial charge in [-0.05, 0) is 26.7 Å². The Bertz CT molecular complexity index is 208. The summed E-state index contributed by atoms with van der Waals surface area (Å²) in [6.45, 7) is 11.4. The van der Waals surface area contributed by atoms with Crippen molar-refractivity contribution in [2.24, 2.45) is 0 Å². The summed E-state index contributed by atoms with van der Waals surface area (Å²) >= 11 is 0. The lowest BCUT2D eigenvalue weighted by molar-refractivity contribution is -0.971. The summed E-state index contributed by atoms with van der Waals surface area (Å²) in [7, 11) is 0. The molecule has 1 aliphatic rings. The van der Waals surface area contributed by atoms with Gasteiger partial charge < -0.3 is 16.9 Å². The topological polar surface area (TPSA) is 17.1 Å². The third-order valence-corrected chi connectivity index (χ3v) is 4.55. The van der Waals surface area contributed by atoms with Crippen molar-refractivity contribution in [3.8, 4) is 0 Å². The second kappa shape index (κ2) is 6.61. The summed E-state index contributed by atoms with van der Waals surface area (Å²) in [5.41, 5.74) is 0. The first-order chi connectivity index (χ1) is 7.06. The van der Waals surface area contributed by atoms with E-state index in [0.29, 0.717) is 17.9 Å². The van der Waals surface area contributed by atoms with Crippen LogP contribution in [0.1, 0.15) is 53.4 Å². The maximum atomic E-state index is 11.4. The quantitative estimate of drug-likeness (QED) is 0.628. The molecule has 16 heavy (non-hydrogen) atoms. The first kappa shape index (κ1) is 15.9. The number of quaternary nitrogens is 1. The summed E-state index contributed by atoms with van der Waals surface area (Å²) in [6, 6.07) is 1.40. The molecule has 96 valence electrons. The molecule has 2 atom stereocenters. The lowest BCUT2D eigenvalue weighted by Crippen LogP contribution is -3.00. The van der Waals surface area contributed by atoms with Gasteiger partial charge in [0.1, 0.15) is 5.78 Å². The van der Waals surface area contributed by atoms with E-state index in [1.165, 1.54) is 17.3 Å². The number of nitrogens with zero attached hydrogens (tertiary/aromatic N) is 1. The fourth-order valence-corrected chi connectivity index (χ4v) is 2.95. The molecule has 0 N–H and O–H groups in total. The van der Waals surface area contributed by atoms with E-state index in [-0.39, 0.29) is 12.4 Å². The summed E-state index contributed by atoms with van der Waals surface area (Å²) in [5, 5.41) is 0. The van der Waals surface area contributed by atoms with Gasteiger partial charge >= 0.3 is 0 Å². The molecule has 3 heteroatoms. The van der Waals surface area contributed by atoms with Crippen LogP contribution in [0.15, 0.2) is 0 Å². The molecule has 1 saturated heterocycles. The molecule has 1 heterocycles. The molecular weight excluding hydrogens is 222 g/mol. The second-order valence-corrected chi connectivity index (χ2v) is 5.10. The first-order valence-corrected chi connectivity index (χ1v) is 6.45. The van der Waals surface area contributed by atoms with Gasteiger partial charge in [0.05, 0.1) is 38.0 Å². The minimum absolute atomic E-state index is 0. The lowest BCUT2D eigenvalue weighted by Gasteiger charge is -2.49. The number of piperidine rings is 1. The third-order valence-electron chi connectivity index (χ3n) is 4.55. The van der Waals surface area contributed by atoms with E-state index < -0.39 is 0 Å². The highest BCUT2D eigenvalue weighted by molar-refractivity contribution is 5.79. The fourth-order valence-electron chi connectivity index (χ4n) is 2.95. The molecule has 0 aromatic heterocycles. The van der Waals surface area contributed by atoms with Gasteiger partial charge in [0, 0.05) is 0 Å². The Balaban J connectivity index is 0.00000225. The molecule has 0 amide bonds. The number of rotatable bonds is 4. The van der Waals surface area contributed by atoms with E-state index >= 15 is 0 Å². The van der Waals surface area contributed by atoms with Gasteiger partial charge in [0.2, 0.25) is 0 Å². The van der Waals surface area contributed by atoms with Crippen LogP contribution in [0.2, 0.25) is 0 Å². The van der Waals surface area contributed by atoms with Crippen LogP contribution < -0.4 is 12.4 Å². The first-order valence-electron chi connectivity index (χ1n) is 6.45. The van der Waals surface area contributed by atoms with Crippen LogP contribution in [0.4, 0.5) is 0 Å². The smallest absolute Gasteiger partial charge is 0.144 e. The molecule has 0 aromatic carbocycles. The molecule has 0 bridgehead atoms. The molecule has 1 aliphatic heterocycles. The van der Waals surface area contributed by atoms with Crippen LogP contribution >= 0.6 is 0 Å². The van der Waals surface area contributed by atoms with Crippen LogP contribution in [0.5, 0.6) is 0 Å². The number of carbonyl (C=O) groups is 1. The van der Waals surface area contributed by atoms with E-state index in [2.05, 4.69) is 27.7 Å². The molecule has 2 unspecified atom stereocenters. The number of halogens is 1. The van der Waals surface area contributed by atoms with Crippen molar-refractivity contribution in [1.82, 2.24) is 0 Å². The van der Waals surface area contributed by atoms with E-state index in [4.69, 9.17) is 0 Å². The number of hydrogen-bond acceptors (Lipinski definition) is 1. The van der Waals surface area contributed by atoms with Gasteiger partial charge in [-0.25, -0.2) is 0 Å². The SMILES string of the molecule is CCC(C)[N+]1(C(C)CC)CCC(=O)CC1.[Cl-].